The highest BCUT2D eigenvalue weighted by atomic mass is 32.2. The highest BCUT2D eigenvalue weighted by Gasteiger charge is 2.30. The second-order valence-electron chi connectivity index (χ2n) is 8.22. The van der Waals surface area contributed by atoms with Crippen molar-refractivity contribution in [3.63, 3.8) is 0 Å². The zero-order valence-corrected chi connectivity index (χ0v) is 19.7. The minimum atomic E-state index is -3.92. The maximum Gasteiger partial charge on any atom is 0.264 e. The van der Waals surface area contributed by atoms with Crippen molar-refractivity contribution in [1.82, 2.24) is 5.32 Å². The van der Waals surface area contributed by atoms with E-state index >= 15 is 0 Å². The van der Waals surface area contributed by atoms with Crippen LogP contribution in [-0.2, 0) is 34.2 Å². The van der Waals surface area contributed by atoms with Gasteiger partial charge in [0.05, 0.1) is 17.7 Å². The Kier molecular flexibility index (Phi) is 6.70. The van der Waals surface area contributed by atoms with E-state index in [1.54, 1.807) is 37.4 Å². The van der Waals surface area contributed by atoms with Gasteiger partial charge in [-0.15, -0.1) is 0 Å². The summed E-state index contributed by atoms with van der Waals surface area (Å²) < 4.78 is 33.7. The van der Waals surface area contributed by atoms with Crippen LogP contribution in [0.15, 0.2) is 71.6 Å². The first-order chi connectivity index (χ1) is 15.9. The van der Waals surface area contributed by atoms with Crippen molar-refractivity contribution in [3.05, 3.63) is 89.0 Å². The second kappa shape index (κ2) is 9.67. The third-order valence-electron chi connectivity index (χ3n) is 5.93. The molecule has 1 aliphatic carbocycles. The van der Waals surface area contributed by atoms with Gasteiger partial charge >= 0.3 is 0 Å². The molecular weight excluding hydrogens is 436 g/mol. The molecule has 0 saturated heterocycles. The first kappa shape index (κ1) is 22.9. The van der Waals surface area contributed by atoms with E-state index in [9.17, 15) is 13.2 Å². The van der Waals surface area contributed by atoms with Crippen LogP contribution in [0.5, 0.6) is 5.75 Å². The van der Waals surface area contributed by atoms with E-state index in [-0.39, 0.29) is 17.3 Å². The molecule has 3 aromatic rings. The number of methoxy groups -OCH3 is 1. The Bertz CT molecular complexity index is 1240. The quantitative estimate of drug-likeness (QED) is 0.547. The number of fused-ring (bicyclic) bond motifs is 1. The average Bonchev–Trinajstić information content (AvgIpc) is 3.31. The van der Waals surface area contributed by atoms with Crippen LogP contribution < -0.4 is 14.4 Å². The van der Waals surface area contributed by atoms with Crippen molar-refractivity contribution in [2.75, 3.05) is 18.0 Å². The molecule has 0 saturated carbocycles. The van der Waals surface area contributed by atoms with Crippen LogP contribution in [0.4, 0.5) is 5.69 Å². The Morgan fingerprint density at radius 3 is 2.42 bits per heavy atom. The molecule has 4 rings (SSSR count). The number of rotatable bonds is 8. The largest absolute Gasteiger partial charge is 0.497 e. The van der Waals surface area contributed by atoms with Crippen molar-refractivity contribution in [1.29, 1.82) is 0 Å². The minimum absolute atomic E-state index is 0.173. The van der Waals surface area contributed by atoms with Crippen LogP contribution in [0.3, 0.4) is 0 Å². The van der Waals surface area contributed by atoms with Crippen LogP contribution in [0.1, 0.15) is 28.7 Å². The molecule has 3 aromatic carbocycles. The predicted octanol–water partition coefficient (Wildman–Crippen LogP) is 4.00. The lowest BCUT2D eigenvalue weighted by atomic mass is 10.1. The first-order valence-electron chi connectivity index (χ1n) is 11.0. The topological polar surface area (TPSA) is 75.7 Å². The van der Waals surface area contributed by atoms with Crippen molar-refractivity contribution >= 4 is 21.6 Å². The summed E-state index contributed by atoms with van der Waals surface area (Å²) >= 11 is 0. The summed E-state index contributed by atoms with van der Waals surface area (Å²) in [7, 11) is -2.33. The van der Waals surface area contributed by atoms with E-state index in [4.69, 9.17) is 4.74 Å². The van der Waals surface area contributed by atoms with Crippen LogP contribution in [0.2, 0.25) is 0 Å². The van der Waals surface area contributed by atoms with E-state index in [0.29, 0.717) is 12.2 Å². The summed E-state index contributed by atoms with van der Waals surface area (Å²) in [6.07, 6.45) is 2.71. The van der Waals surface area contributed by atoms with Gasteiger partial charge in [0, 0.05) is 6.54 Å². The summed E-state index contributed by atoms with van der Waals surface area (Å²) in [6.45, 7) is 1.92. The Labute approximate surface area is 195 Å². The zero-order chi connectivity index (χ0) is 23.4. The molecule has 6 nitrogen and oxygen atoms in total. The van der Waals surface area contributed by atoms with Crippen LogP contribution in [0.25, 0.3) is 0 Å². The van der Waals surface area contributed by atoms with Gasteiger partial charge in [0.1, 0.15) is 12.3 Å². The predicted molar refractivity (Wildman–Crippen MR) is 129 cm³/mol. The van der Waals surface area contributed by atoms with E-state index in [2.05, 4.69) is 5.32 Å². The number of benzene rings is 3. The lowest BCUT2D eigenvalue weighted by molar-refractivity contribution is -0.119. The fraction of sp³-hybridized carbons (Fsp3) is 0.269. The smallest absolute Gasteiger partial charge is 0.264 e. The standard InChI is InChI=1S/C26H28N2O4S/c1-19-9-15-23(16-10-19)33(30,31)28(25-8-4-6-21-5-3-7-24(21)25)18-26(29)27-17-20-11-13-22(32-2)14-12-20/h4,6,8-16H,3,5,7,17-18H2,1-2H3,(H,27,29). The van der Waals surface area contributed by atoms with E-state index in [0.717, 1.165) is 47.3 Å². The molecule has 0 aliphatic heterocycles. The van der Waals surface area contributed by atoms with Gasteiger partial charge in [0.25, 0.3) is 10.0 Å². The first-order valence-corrected chi connectivity index (χ1v) is 12.4. The summed E-state index contributed by atoms with van der Waals surface area (Å²) in [6, 6.07) is 19.8. The maximum absolute atomic E-state index is 13.7. The van der Waals surface area contributed by atoms with E-state index in [1.165, 1.54) is 4.31 Å². The number of amides is 1. The number of nitrogens with one attached hydrogen (secondary N) is 1. The molecule has 1 amide bonds. The van der Waals surface area contributed by atoms with Gasteiger partial charge < -0.3 is 10.1 Å². The van der Waals surface area contributed by atoms with Gasteiger partial charge in [-0.2, -0.15) is 0 Å². The number of ether oxygens (including phenoxy) is 1. The molecule has 0 heterocycles. The van der Waals surface area contributed by atoms with Crippen molar-refractivity contribution in [3.8, 4) is 5.75 Å². The molecular formula is C26H28N2O4S. The Hall–Kier alpha value is -3.32. The van der Waals surface area contributed by atoms with E-state index < -0.39 is 10.0 Å². The lowest BCUT2D eigenvalue weighted by Gasteiger charge is -2.26. The normalized spacial score (nSPS) is 12.8. The number of anilines is 1. The van der Waals surface area contributed by atoms with Crippen LogP contribution >= 0.6 is 0 Å². The molecule has 172 valence electrons. The molecule has 1 N–H and O–H groups in total. The van der Waals surface area contributed by atoms with Gasteiger partial charge in [0.15, 0.2) is 0 Å². The molecule has 7 heteroatoms. The molecule has 0 radical (unpaired) electrons. The molecule has 33 heavy (non-hydrogen) atoms. The number of carbonyl (C=O) groups excluding carboxylic acids is 1. The summed E-state index contributed by atoms with van der Waals surface area (Å²) in [4.78, 5) is 13.1. The highest BCUT2D eigenvalue weighted by Crippen LogP contribution is 2.34. The third kappa shape index (κ3) is 5.03. The zero-order valence-electron chi connectivity index (χ0n) is 18.9. The van der Waals surface area contributed by atoms with Gasteiger partial charge in [-0.3, -0.25) is 9.10 Å². The van der Waals surface area contributed by atoms with E-state index in [1.807, 2.05) is 43.3 Å². The van der Waals surface area contributed by atoms with Gasteiger partial charge in [-0.05, 0) is 73.2 Å². The van der Waals surface area contributed by atoms with Gasteiger partial charge in [0.2, 0.25) is 5.91 Å². The summed E-state index contributed by atoms with van der Waals surface area (Å²) in [5.74, 6) is 0.371. The fourth-order valence-electron chi connectivity index (χ4n) is 4.10. The third-order valence-corrected chi connectivity index (χ3v) is 7.71. The molecule has 0 unspecified atom stereocenters. The SMILES string of the molecule is COc1ccc(CNC(=O)CN(c2cccc3c2CCC3)S(=O)(=O)c2ccc(C)cc2)cc1. The molecule has 0 atom stereocenters. The maximum atomic E-state index is 13.7. The average molecular weight is 465 g/mol. The molecule has 0 fully saturated rings. The molecule has 1 aliphatic rings. The monoisotopic (exact) mass is 464 g/mol. The minimum Gasteiger partial charge on any atom is -0.497 e. The van der Waals surface area contributed by atoms with Crippen LogP contribution in [0, 0.1) is 6.92 Å². The number of nitrogens with zero attached hydrogens (tertiary/aromatic N) is 1. The molecule has 0 bridgehead atoms. The highest BCUT2D eigenvalue weighted by molar-refractivity contribution is 7.92. The lowest BCUT2D eigenvalue weighted by Crippen LogP contribution is -2.41. The number of hydrogen-bond acceptors (Lipinski definition) is 4. The van der Waals surface area contributed by atoms with Crippen molar-refractivity contribution in [2.45, 2.75) is 37.6 Å². The fourth-order valence-corrected chi connectivity index (χ4v) is 5.55. The number of sulfonamides is 1. The molecule has 0 aromatic heterocycles. The Balaban J connectivity index is 1.61. The second-order valence-corrected chi connectivity index (χ2v) is 10.1. The summed E-state index contributed by atoms with van der Waals surface area (Å²) in [5.41, 5.74) is 4.62. The van der Waals surface area contributed by atoms with Crippen LogP contribution in [-0.4, -0.2) is 28.0 Å². The van der Waals surface area contributed by atoms with Gasteiger partial charge in [-0.25, -0.2) is 8.42 Å². The summed E-state index contributed by atoms with van der Waals surface area (Å²) in [5, 5.41) is 2.85. The molecule has 0 spiro atoms. The van der Waals surface area contributed by atoms with Crippen molar-refractivity contribution < 1.29 is 17.9 Å². The number of carbonyl (C=O) groups is 1. The van der Waals surface area contributed by atoms with Crippen molar-refractivity contribution in [2.24, 2.45) is 0 Å². The van der Waals surface area contributed by atoms with Gasteiger partial charge in [-0.1, -0.05) is 42.0 Å². The Morgan fingerprint density at radius 2 is 1.73 bits per heavy atom. The number of aryl methyl sites for hydroxylation is 2. The Morgan fingerprint density at radius 1 is 1.00 bits per heavy atom. The number of hydrogen-bond donors (Lipinski definition) is 1.